The van der Waals surface area contributed by atoms with Crippen LogP contribution in [0.4, 0.5) is 18.9 Å². The number of Topliss-reactive ketones (excluding diaryl/α,β-unsaturated/α-hetero) is 1. The lowest BCUT2D eigenvalue weighted by Gasteiger charge is -2.34. The number of alkyl halides is 3. The topological polar surface area (TPSA) is 57.7 Å². The number of halogens is 3. The van der Waals surface area contributed by atoms with Gasteiger partial charge in [0.05, 0.1) is 5.69 Å². The van der Waals surface area contributed by atoms with Gasteiger partial charge in [0, 0.05) is 25.1 Å². The summed E-state index contributed by atoms with van der Waals surface area (Å²) in [6, 6.07) is 3.91. The summed E-state index contributed by atoms with van der Waals surface area (Å²) in [4.78, 5) is 38.6. The van der Waals surface area contributed by atoms with E-state index in [1.807, 2.05) is 0 Å². The first-order chi connectivity index (χ1) is 11.7. The highest BCUT2D eigenvalue weighted by atomic mass is 19.4. The van der Waals surface area contributed by atoms with Crippen LogP contribution in [-0.4, -0.2) is 47.8 Å². The van der Waals surface area contributed by atoms with Gasteiger partial charge in [-0.2, -0.15) is 13.2 Å². The van der Waals surface area contributed by atoms with Crippen LogP contribution in [0.5, 0.6) is 0 Å². The Labute approximate surface area is 142 Å². The summed E-state index contributed by atoms with van der Waals surface area (Å²) in [6.45, 7) is 1.76. The molecule has 0 saturated carbocycles. The van der Waals surface area contributed by atoms with E-state index in [1.54, 1.807) is 25.1 Å². The first-order valence-corrected chi connectivity index (χ1v) is 8.04. The Bertz CT molecular complexity index is 745. The van der Waals surface area contributed by atoms with Crippen molar-refractivity contribution in [3.63, 3.8) is 0 Å². The van der Waals surface area contributed by atoms with E-state index in [9.17, 15) is 27.6 Å². The van der Waals surface area contributed by atoms with Crippen molar-refractivity contribution in [1.29, 1.82) is 0 Å². The Balaban J connectivity index is 1.93. The molecule has 1 aromatic carbocycles. The summed E-state index contributed by atoms with van der Waals surface area (Å²) in [5.41, 5.74) is 1.53. The van der Waals surface area contributed by atoms with E-state index in [1.165, 1.54) is 4.90 Å². The molecule has 0 aliphatic carbocycles. The zero-order valence-corrected chi connectivity index (χ0v) is 13.6. The standard InChI is InChI=1S/C17H17F3N2O3/c1-10-4-2-5-11-13(23)7-9-22(14(10)11)15(24)12-6-3-8-21(12)16(25)17(18,19)20/h2,4-5,12H,3,6-9H2,1H3. The van der Waals surface area contributed by atoms with E-state index < -0.39 is 24.0 Å². The monoisotopic (exact) mass is 354 g/mol. The highest BCUT2D eigenvalue weighted by Crippen LogP contribution is 2.33. The molecule has 1 aromatic rings. The third-order valence-electron chi connectivity index (χ3n) is 4.68. The van der Waals surface area contributed by atoms with Gasteiger partial charge in [0.15, 0.2) is 5.78 Å². The maximum absolute atomic E-state index is 12.9. The molecule has 0 aromatic heterocycles. The lowest BCUT2D eigenvalue weighted by molar-refractivity contribution is -0.186. The quantitative estimate of drug-likeness (QED) is 0.779. The largest absolute Gasteiger partial charge is 0.471 e. The highest BCUT2D eigenvalue weighted by molar-refractivity contribution is 6.11. The van der Waals surface area contributed by atoms with Crippen LogP contribution in [-0.2, 0) is 9.59 Å². The molecule has 1 saturated heterocycles. The number of aryl methyl sites for hydroxylation is 1. The molecule has 2 aliphatic rings. The molecule has 8 heteroatoms. The summed E-state index contributed by atoms with van der Waals surface area (Å²) in [5.74, 6) is -2.64. The molecule has 134 valence electrons. The normalized spacial score (nSPS) is 20.6. The van der Waals surface area contributed by atoms with Crippen LogP contribution in [0, 0.1) is 6.92 Å². The third-order valence-corrected chi connectivity index (χ3v) is 4.68. The molecule has 0 spiro atoms. The van der Waals surface area contributed by atoms with E-state index in [0.717, 1.165) is 0 Å². The second kappa shape index (κ2) is 6.16. The molecule has 1 unspecified atom stereocenters. The van der Waals surface area contributed by atoms with Gasteiger partial charge in [-0.15, -0.1) is 0 Å². The van der Waals surface area contributed by atoms with E-state index >= 15 is 0 Å². The Morgan fingerprint density at radius 2 is 1.92 bits per heavy atom. The van der Waals surface area contributed by atoms with Gasteiger partial charge in [-0.1, -0.05) is 12.1 Å². The van der Waals surface area contributed by atoms with Crippen LogP contribution in [0.1, 0.15) is 35.2 Å². The average Bonchev–Trinajstić information content (AvgIpc) is 3.03. The summed E-state index contributed by atoms with van der Waals surface area (Å²) < 4.78 is 38.3. The number of benzene rings is 1. The fraction of sp³-hybridized carbons (Fsp3) is 0.471. The van der Waals surface area contributed by atoms with Gasteiger partial charge in [-0.05, 0) is 31.4 Å². The summed E-state index contributed by atoms with van der Waals surface area (Å²) in [6.07, 6.45) is -4.37. The van der Waals surface area contributed by atoms with Crippen LogP contribution in [0.15, 0.2) is 18.2 Å². The fourth-order valence-corrected chi connectivity index (χ4v) is 3.53. The predicted octanol–water partition coefficient (Wildman–Crippen LogP) is 2.47. The number of anilines is 1. The van der Waals surface area contributed by atoms with Gasteiger partial charge in [-0.3, -0.25) is 14.4 Å². The van der Waals surface area contributed by atoms with Crippen molar-refractivity contribution < 1.29 is 27.6 Å². The number of rotatable bonds is 1. The van der Waals surface area contributed by atoms with Crippen LogP contribution >= 0.6 is 0 Å². The van der Waals surface area contributed by atoms with Crippen molar-refractivity contribution >= 4 is 23.3 Å². The van der Waals surface area contributed by atoms with Crippen molar-refractivity contribution in [3.8, 4) is 0 Å². The van der Waals surface area contributed by atoms with Crippen molar-refractivity contribution in [2.24, 2.45) is 0 Å². The smallest absolute Gasteiger partial charge is 0.323 e. The lowest BCUT2D eigenvalue weighted by atomic mass is 9.96. The molecule has 25 heavy (non-hydrogen) atoms. The molecule has 1 atom stereocenters. The molecule has 0 N–H and O–H groups in total. The molecule has 1 fully saturated rings. The van der Waals surface area contributed by atoms with E-state index in [2.05, 4.69) is 0 Å². The Kier molecular flexibility index (Phi) is 4.30. The number of fused-ring (bicyclic) bond motifs is 1. The van der Waals surface area contributed by atoms with Gasteiger partial charge in [0.1, 0.15) is 6.04 Å². The number of carbonyl (C=O) groups excluding carboxylic acids is 3. The number of para-hydroxylation sites is 1. The summed E-state index contributed by atoms with van der Waals surface area (Å²) in [5, 5.41) is 0. The van der Waals surface area contributed by atoms with E-state index in [4.69, 9.17) is 0 Å². The maximum atomic E-state index is 12.9. The number of hydrogen-bond acceptors (Lipinski definition) is 3. The molecule has 2 amide bonds. The molecule has 5 nitrogen and oxygen atoms in total. The second-order valence-corrected chi connectivity index (χ2v) is 6.29. The minimum atomic E-state index is -5.01. The third kappa shape index (κ3) is 3.01. The number of likely N-dealkylation sites (tertiary alicyclic amines) is 1. The van der Waals surface area contributed by atoms with Gasteiger partial charge in [-0.25, -0.2) is 0 Å². The Morgan fingerprint density at radius 1 is 1.20 bits per heavy atom. The summed E-state index contributed by atoms with van der Waals surface area (Å²) >= 11 is 0. The minimum Gasteiger partial charge on any atom is -0.323 e. The number of carbonyl (C=O) groups is 3. The van der Waals surface area contributed by atoms with Crippen molar-refractivity contribution in [3.05, 3.63) is 29.3 Å². The fourth-order valence-electron chi connectivity index (χ4n) is 3.53. The van der Waals surface area contributed by atoms with Crippen molar-refractivity contribution in [1.82, 2.24) is 4.90 Å². The maximum Gasteiger partial charge on any atom is 0.471 e. The zero-order chi connectivity index (χ0) is 18.4. The number of ketones is 1. The number of amides is 2. The SMILES string of the molecule is Cc1cccc2c1N(C(=O)C1CCCN1C(=O)C(F)(F)F)CCC2=O. The van der Waals surface area contributed by atoms with Gasteiger partial charge in [0.25, 0.3) is 0 Å². The van der Waals surface area contributed by atoms with Crippen molar-refractivity contribution in [2.45, 2.75) is 38.4 Å². The minimum absolute atomic E-state index is 0.0951. The second-order valence-electron chi connectivity index (χ2n) is 6.29. The molecule has 2 aliphatic heterocycles. The van der Waals surface area contributed by atoms with Gasteiger partial charge in [0.2, 0.25) is 5.91 Å². The first-order valence-electron chi connectivity index (χ1n) is 8.04. The summed E-state index contributed by atoms with van der Waals surface area (Å²) in [7, 11) is 0. The molecule has 2 heterocycles. The predicted molar refractivity (Wildman–Crippen MR) is 83.3 cm³/mol. The molecule has 0 radical (unpaired) electrons. The van der Waals surface area contributed by atoms with Crippen LogP contribution in [0.3, 0.4) is 0 Å². The van der Waals surface area contributed by atoms with Crippen LogP contribution in [0.25, 0.3) is 0 Å². The highest BCUT2D eigenvalue weighted by Gasteiger charge is 2.48. The number of hydrogen-bond donors (Lipinski definition) is 0. The molecule has 3 rings (SSSR count). The first kappa shape index (κ1) is 17.4. The zero-order valence-electron chi connectivity index (χ0n) is 13.6. The lowest BCUT2D eigenvalue weighted by Crippen LogP contribution is -2.52. The molecular weight excluding hydrogens is 337 g/mol. The molecule has 0 bridgehead atoms. The van der Waals surface area contributed by atoms with Crippen molar-refractivity contribution in [2.75, 3.05) is 18.0 Å². The van der Waals surface area contributed by atoms with Crippen LogP contribution in [0.2, 0.25) is 0 Å². The Hall–Kier alpha value is -2.38. The number of nitrogens with zero attached hydrogens (tertiary/aromatic N) is 2. The molecular formula is C17H17F3N2O3. The Morgan fingerprint density at radius 3 is 2.60 bits per heavy atom. The van der Waals surface area contributed by atoms with Gasteiger partial charge < -0.3 is 9.80 Å². The van der Waals surface area contributed by atoms with E-state index in [0.29, 0.717) is 28.1 Å². The van der Waals surface area contributed by atoms with E-state index in [-0.39, 0.29) is 31.7 Å². The van der Waals surface area contributed by atoms with Crippen LogP contribution < -0.4 is 4.90 Å². The average molecular weight is 354 g/mol. The van der Waals surface area contributed by atoms with Gasteiger partial charge >= 0.3 is 12.1 Å².